The van der Waals surface area contributed by atoms with Crippen LogP contribution < -0.4 is 4.90 Å². The Bertz CT molecular complexity index is 1390. The van der Waals surface area contributed by atoms with E-state index in [-0.39, 0.29) is 11.7 Å². The first-order chi connectivity index (χ1) is 15.1. The molecule has 3 aromatic heterocycles. The van der Waals surface area contributed by atoms with Gasteiger partial charge < -0.3 is 9.32 Å². The highest BCUT2D eigenvalue weighted by atomic mass is 32.2. The van der Waals surface area contributed by atoms with E-state index in [0.717, 1.165) is 22.2 Å². The van der Waals surface area contributed by atoms with E-state index in [9.17, 15) is 4.79 Å². The number of hydrogen-bond acceptors (Lipinski definition) is 6. The number of para-hydroxylation sites is 1. The molecule has 2 aromatic carbocycles. The third-order valence-corrected chi connectivity index (χ3v) is 5.96. The van der Waals surface area contributed by atoms with Crippen molar-refractivity contribution >= 4 is 39.9 Å². The molecule has 0 spiro atoms. The fourth-order valence-electron chi connectivity index (χ4n) is 3.43. The van der Waals surface area contributed by atoms with Gasteiger partial charge in [0.15, 0.2) is 22.4 Å². The summed E-state index contributed by atoms with van der Waals surface area (Å²) in [6.45, 7) is 2.01. The van der Waals surface area contributed by atoms with Crippen LogP contribution in [0, 0.1) is 6.92 Å². The third-order valence-electron chi connectivity index (χ3n) is 5.05. The molecule has 0 atom stereocenters. The normalized spacial score (nSPS) is 11.3. The largest absolute Gasteiger partial charge is 0.461 e. The van der Waals surface area contributed by atoms with Crippen LogP contribution in [0.15, 0.2) is 76.5 Å². The van der Waals surface area contributed by atoms with Gasteiger partial charge in [0.25, 0.3) is 0 Å². The molecule has 8 heteroatoms. The van der Waals surface area contributed by atoms with Crippen LogP contribution in [0.25, 0.3) is 28.1 Å². The monoisotopic (exact) mass is 429 g/mol. The van der Waals surface area contributed by atoms with E-state index in [4.69, 9.17) is 9.40 Å². The van der Waals surface area contributed by atoms with Gasteiger partial charge in [0.1, 0.15) is 0 Å². The number of carbonyl (C=O) groups excluding carboxylic acids is 1. The third kappa shape index (κ3) is 3.55. The van der Waals surface area contributed by atoms with E-state index >= 15 is 0 Å². The second-order valence-electron chi connectivity index (χ2n) is 7.15. The Labute approximate surface area is 182 Å². The lowest BCUT2D eigenvalue weighted by molar-refractivity contribution is -0.115. The molecule has 5 rings (SSSR count). The predicted octanol–water partition coefficient (Wildman–Crippen LogP) is 4.60. The van der Waals surface area contributed by atoms with Crippen molar-refractivity contribution in [2.24, 2.45) is 0 Å². The van der Waals surface area contributed by atoms with E-state index in [1.807, 2.05) is 72.0 Å². The Kier molecular flexibility index (Phi) is 4.91. The van der Waals surface area contributed by atoms with Crippen LogP contribution >= 0.6 is 11.8 Å². The van der Waals surface area contributed by atoms with Gasteiger partial charge in [0, 0.05) is 18.1 Å². The van der Waals surface area contributed by atoms with Gasteiger partial charge in [-0.25, -0.2) is 4.98 Å². The number of furan rings is 1. The minimum Gasteiger partial charge on any atom is -0.461 e. The highest BCUT2D eigenvalue weighted by molar-refractivity contribution is 7.99. The summed E-state index contributed by atoms with van der Waals surface area (Å²) in [6.07, 6.45) is 1.61. The van der Waals surface area contributed by atoms with Crippen LogP contribution in [0.4, 0.5) is 5.69 Å². The molecule has 0 saturated carbocycles. The zero-order valence-corrected chi connectivity index (χ0v) is 17.8. The summed E-state index contributed by atoms with van der Waals surface area (Å²) in [7, 11) is 1.78. The van der Waals surface area contributed by atoms with Crippen LogP contribution in [0.2, 0.25) is 0 Å². The number of hydrogen-bond donors (Lipinski definition) is 0. The van der Waals surface area contributed by atoms with E-state index in [1.54, 1.807) is 18.2 Å². The number of aryl methyl sites for hydroxylation is 1. The summed E-state index contributed by atoms with van der Waals surface area (Å²) in [6, 6.07) is 19.3. The van der Waals surface area contributed by atoms with Crippen LogP contribution in [0.1, 0.15) is 5.56 Å². The summed E-state index contributed by atoms with van der Waals surface area (Å²) < 4.78 is 7.46. The van der Waals surface area contributed by atoms with Gasteiger partial charge in [-0.3, -0.25) is 9.20 Å². The van der Waals surface area contributed by atoms with Crippen molar-refractivity contribution in [3.63, 3.8) is 0 Å². The number of fused-ring (bicyclic) bond motifs is 3. The SMILES string of the molecule is Cc1cccc(N(C)C(=O)CSc2nnc3c4ccccc4nc(-c4ccco4)n23)c1. The lowest BCUT2D eigenvalue weighted by atomic mass is 10.2. The lowest BCUT2D eigenvalue weighted by Gasteiger charge is -2.17. The first-order valence-electron chi connectivity index (χ1n) is 9.75. The maximum Gasteiger partial charge on any atom is 0.237 e. The average molecular weight is 430 g/mol. The Morgan fingerprint density at radius 1 is 1.10 bits per heavy atom. The van der Waals surface area contributed by atoms with E-state index < -0.39 is 0 Å². The standard InChI is InChI=1S/C23H19N5O2S/c1-15-7-5-8-16(13-15)27(2)20(29)14-31-23-26-25-21-17-9-3-4-10-18(17)24-22(28(21)23)19-11-6-12-30-19/h3-13H,14H2,1-2H3. The Morgan fingerprint density at radius 2 is 1.97 bits per heavy atom. The summed E-state index contributed by atoms with van der Waals surface area (Å²) in [5, 5.41) is 10.2. The number of anilines is 1. The molecule has 1 amide bonds. The molecule has 31 heavy (non-hydrogen) atoms. The molecular formula is C23H19N5O2S. The number of amides is 1. The molecule has 0 radical (unpaired) electrons. The van der Waals surface area contributed by atoms with E-state index in [0.29, 0.717) is 22.4 Å². The van der Waals surface area contributed by atoms with Crippen LogP contribution in [0.3, 0.4) is 0 Å². The van der Waals surface area contributed by atoms with Gasteiger partial charge in [0.2, 0.25) is 5.91 Å². The van der Waals surface area contributed by atoms with Crippen LogP contribution in [0.5, 0.6) is 0 Å². The van der Waals surface area contributed by atoms with Crippen molar-refractivity contribution in [3.05, 3.63) is 72.5 Å². The van der Waals surface area contributed by atoms with Gasteiger partial charge in [-0.2, -0.15) is 0 Å². The fraction of sp³-hybridized carbons (Fsp3) is 0.130. The highest BCUT2D eigenvalue weighted by Gasteiger charge is 2.20. The van der Waals surface area contributed by atoms with Crippen LogP contribution in [-0.2, 0) is 4.79 Å². The molecule has 0 unspecified atom stereocenters. The maximum absolute atomic E-state index is 12.8. The van der Waals surface area contributed by atoms with Crippen molar-refractivity contribution in [2.45, 2.75) is 12.1 Å². The molecule has 0 bridgehead atoms. The smallest absolute Gasteiger partial charge is 0.237 e. The summed E-state index contributed by atoms with van der Waals surface area (Å²) in [5.41, 5.74) is 3.45. The summed E-state index contributed by atoms with van der Waals surface area (Å²) in [5.74, 6) is 1.40. The zero-order chi connectivity index (χ0) is 21.4. The summed E-state index contributed by atoms with van der Waals surface area (Å²) >= 11 is 1.33. The predicted molar refractivity (Wildman–Crippen MR) is 121 cm³/mol. The topological polar surface area (TPSA) is 76.5 Å². The number of thioether (sulfide) groups is 1. The molecule has 0 saturated heterocycles. The highest BCUT2D eigenvalue weighted by Crippen LogP contribution is 2.29. The lowest BCUT2D eigenvalue weighted by Crippen LogP contribution is -2.28. The molecule has 7 nitrogen and oxygen atoms in total. The first kappa shape index (κ1) is 19.3. The van der Waals surface area contributed by atoms with Crippen molar-refractivity contribution in [3.8, 4) is 11.6 Å². The molecule has 0 fully saturated rings. The quantitative estimate of drug-likeness (QED) is 0.380. The number of nitrogens with zero attached hydrogens (tertiary/aromatic N) is 5. The molecule has 0 N–H and O–H groups in total. The fourth-order valence-corrected chi connectivity index (χ4v) is 4.27. The van der Waals surface area contributed by atoms with E-state index in [1.165, 1.54) is 11.8 Å². The molecule has 0 aliphatic rings. The van der Waals surface area contributed by atoms with Crippen molar-refractivity contribution in [1.29, 1.82) is 0 Å². The Morgan fingerprint density at radius 3 is 2.77 bits per heavy atom. The second-order valence-corrected chi connectivity index (χ2v) is 8.09. The van der Waals surface area contributed by atoms with Crippen molar-refractivity contribution < 1.29 is 9.21 Å². The molecule has 0 aliphatic carbocycles. The van der Waals surface area contributed by atoms with E-state index in [2.05, 4.69) is 10.2 Å². The van der Waals surface area contributed by atoms with Gasteiger partial charge in [-0.15, -0.1) is 10.2 Å². The molecule has 154 valence electrons. The first-order valence-corrected chi connectivity index (χ1v) is 10.7. The van der Waals surface area contributed by atoms with Gasteiger partial charge in [-0.1, -0.05) is 36.0 Å². The van der Waals surface area contributed by atoms with Gasteiger partial charge >= 0.3 is 0 Å². The number of benzene rings is 2. The van der Waals surface area contributed by atoms with Gasteiger partial charge in [0.05, 0.1) is 17.5 Å². The van der Waals surface area contributed by atoms with Crippen molar-refractivity contribution in [1.82, 2.24) is 19.6 Å². The van der Waals surface area contributed by atoms with Crippen LogP contribution in [-0.4, -0.2) is 38.3 Å². The Balaban J connectivity index is 1.50. The molecule has 5 aromatic rings. The zero-order valence-electron chi connectivity index (χ0n) is 17.0. The number of aromatic nitrogens is 4. The molecule has 0 aliphatic heterocycles. The Hall–Kier alpha value is -3.65. The average Bonchev–Trinajstić information content (AvgIpc) is 3.47. The second kappa shape index (κ2) is 7.88. The minimum absolute atomic E-state index is 0.0272. The molecular weight excluding hydrogens is 410 g/mol. The summed E-state index contributed by atoms with van der Waals surface area (Å²) in [4.78, 5) is 19.3. The maximum atomic E-state index is 12.8. The van der Waals surface area contributed by atoms with Crippen molar-refractivity contribution in [2.75, 3.05) is 17.7 Å². The number of rotatable bonds is 5. The minimum atomic E-state index is -0.0272. The molecule has 3 heterocycles. The number of carbonyl (C=O) groups is 1. The van der Waals surface area contributed by atoms with Gasteiger partial charge in [-0.05, 0) is 48.9 Å².